The highest BCUT2D eigenvalue weighted by Crippen LogP contribution is 2.20. The highest BCUT2D eigenvalue weighted by Gasteiger charge is 2.36. The summed E-state index contributed by atoms with van der Waals surface area (Å²) in [5, 5.41) is 2.85. The Morgan fingerprint density at radius 3 is 2.50 bits per heavy atom. The number of carbonyl (C=O) groups excluding carboxylic acids is 2. The van der Waals surface area contributed by atoms with Crippen molar-refractivity contribution in [2.24, 2.45) is 0 Å². The molecule has 1 aromatic carbocycles. The lowest BCUT2D eigenvalue weighted by Crippen LogP contribution is -2.58. The summed E-state index contributed by atoms with van der Waals surface area (Å²) in [6.45, 7) is 1.60. The molecule has 3 amide bonds. The van der Waals surface area contributed by atoms with E-state index in [9.17, 15) is 18.0 Å². The largest absolute Gasteiger partial charge is 0.492 e. The molecule has 0 radical (unpaired) electrons. The summed E-state index contributed by atoms with van der Waals surface area (Å²) in [4.78, 5) is 28.6. The van der Waals surface area contributed by atoms with Crippen molar-refractivity contribution < 1.29 is 22.7 Å². The van der Waals surface area contributed by atoms with E-state index in [1.807, 2.05) is 30.3 Å². The number of piperidine rings is 1. The van der Waals surface area contributed by atoms with Crippen molar-refractivity contribution in [1.29, 1.82) is 0 Å². The second kappa shape index (κ2) is 9.27. The van der Waals surface area contributed by atoms with E-state index in [1.165, 1.54) is 0 Å². The molecule has 1 N–H and O–H groups in total. The van der Waals surface area contributed by atoms with Gasteiger partial charge in [0.05, 0.1) is 18.1 Å². The van der Waals surface area contributed by atoms with E-state index < -0.39 is 15.9 Å². The van der Waals surface area contributed by atoms with Crippen molar-refractivity contribution >= 4 is 21.8 Å². The number of likely N-dealkylation sites (tertiary alicyclic amines) is 1. The van der Waals surface area contributed by atoms with Crippen LogP contribution in [0.3, 0.4) is 0 Å². The second-order valence-electron chi connectivity index (χ2n) is 7.08. The summed E-state index contributed by atoms with van der Waals surface area (Å²) in [6, 6.07) is 8.61. The maximum atomic E-state index is 12.8. The van der Waals surface area contributed by atoms with Gasteiger partial charge in [0.25, 0.3) is 0 Å². The Morgan fingerprint density at radius 1 is 1.07 bits per heavy atom. The molecule has 0 saturated carbocycles. The van der Waals surface area contributed by atoms with E-state index in [1.54, 1.807) is 9.80 Å². The molecule has 0 unspecified atom stereocenters. The van der Waals surface area contributed by atoms with Crippen LogP contribution in [0.25, 0.3) is 0 Å². The minimum atomic E-state index is -3.05. The third kappa shape index (κ3) is 5.37. The fourth-order valence-corrected chi connectivity index (χ4v) is 4.70. The lowest BCUT2D eigenvalue weighted by molar-refractivity contribution is -0.126. The number of urea groups is 1. The van der Waals surface area contributed by atoms with Gasteiger partial charge < -0.3 is 19.9 Å². The standard InChI is InChI=1S/C19H27N3O5S/c23-18(20-9-13-27-16-6-2-1-3-7-16)17-8-4-5-10-22(17)19(24)21-11-14-28(25,26)15-12-21/h1-3,6-7,17H,4-5,8-15H2,(H,20,23)/t17-/m0/s1. The van der Waals surface area contributed by atoms with Gasteiger partial charge >= 0.3 is 6.03 Å². The SMILES string of the molecule is O=C(NCCOc1ccccc1)[C@@H]1CCCCN1C(=O)N1CCS(=O)(=O)CC1. The lowest BCUT2D eigenvalue weighted by Gasteiger charge is -2.39. The van der Waals surface area contributed by atoms with Gasteiger partial charge in [-0.25, -0.2) is 13.2 Å². The van der Waals surface area contributed by atoms with Gasteiger partial charge in [0.2, 0.25) is 5.91 Å². The van der Waals surface area contributed by atoms with Gasteiger partial charge in [-0.3, -0.25) is 4.79 Å². The summed E-state index contributed by atoms with van der Waals surface area (Å²) in [7, 11) is -3.05. The Morgan fingerprint density at radius 2 is 1.79 bits per heavy atom. The first-order valence-electron chi connectivity index (χ1n) is 9.68. The first-order chi connectivity index (χ1) is 13.5. The smallest absolute Gasteiger partial charge is 0.320 e. The maximum absolute atomic E-state index is 12.8. The third-order valence-electron chi connectivity index (χ3n) is 5.08. The zero-order valence-corrected chi connectivity index (χ0v) is 16.7. The fraction of sp³-hybridized carbons (Fsp3) is 0.579. The Balaban J connectivity index is 1.50. The average molecular weight is 410 g/mol. The summed E-state index contributed by atoms with van der Waals surface area (Å²) < 4.78 is 28.8. The Hall–Kier alpha value is -2.29. The third-order valence-corrected chi connectivity index (χ3v) is 6.69. The molecular weight excluding hydrogens is 382 g/mol. The molecule has 0 bridgehead atoms. The number of amides is 3. The summed E-state index contributed by atoms with van der Waals surface area (Å²) in [5.41, 5.74) is 0. The predicted octanol–water partition coefficient (Wildman–Crippen LogP) is 0.886. The van der Waals surface area contributed by atoms with Crippen LogP contribution < -0.4 is 10.1 Å². The van der Waals surface area contributed by atoms with Gasteiger partial charge in [-0.05, 0) is 31.4 Å². The molecule has 8 nitrogen and oxygen atoms in total. The normalized spacial score (nSPS) is 21.8. The zero-order valence-electron chi connectivity index (χ0n) is 15.9. The van der Waals surface area contributed by atoms with Crippen molar-refractivity contribution in [3.63, 3.8) is 0 Å². The molecule has 28 heavy (non-hydrogen) atoms. The molecule has 1 atom stereocenters. The number of sulfone groups is 1. The van der Waals surface area contributed by atoms with Crippen LogP contribution in [-0.4, -0.2) is 80.5 Å². The van der Waals surface area contributed by atoms with Crippen LogP contribution in [0.4, 0.5) is 4.79 Å². The first-order valence-corrected chi connectivity index (χ1v) is 11.5. The number of carbonyl (C=O) groups is 2. The van der Waals surface area contributed by atoms with Crippen LogP contribution in [0.15, 0.2) is 30.3 Å². The van der Waals surface area contributed by atoms with Crippen LogP contribution in [0.5, 0.6) is 5.75 Å². The fourth-order valence-electron chi connectivity index (χ4n) is 3.50. The molecular formula is C19H27N3O5S. The van der Waals surface area contributed by atoms with E-state index in [4.69, 9.17) is 4.74 Å². The number of hydrogen-bond donors (Lipinski definition) is 1. The molecule has 2 heterocycles. The number of ether oxygens (including phenoxy) is 1. The molecule has 2 aliphatic rings. The number of hydrogen-bond acceptors (Lipinski definition) is 5. The molecule has 2 saturated heterocycles. The van der Waals surface area contributed by atoms with Crippen LogP contribution >= 0.6 is 0 Å². The lowest BCUT2D eigenvalue weighted by atomic mass is 10.0. The van der Waals surface area contributed by atoms with Crippen molar-refractivity contribution in [1.82, 2.24) is 15.1 Å². The number of nitrogens with zero attached hydrogens (tertiary/aromatic N) is 2. The van der Waals surface area contributed by atoms with E-state index >= 15 is 0 Å². The molecule has 1 aromatic rings. The zero-order chi connectivity index (χ0) is 20.0. The predicted molar refractivity (Wildman–Crippen MR) is 105 cm³/mol. The highest BCUT2D eigenvalue weighted by molar-refractivity contribution is 7.91. The minimum Gasteiger partial charge on any atom is -0.492 e. The number of para-hydroxylation sites is 1. The Kier molecular flexibility index (Phi) is 6.77. The van der Waals surface area contributed by atoms with Gasteiger partial charge in [-0.1, -0.05) is 18.2 Å². The van der Waals surface area contributed by atoms with Gasteiger partial charge in [-0.2, -0.15) is 0 Å². The number of nitrogens with one attached hydrogen (secondary N) is 1. The Labute approximate surface area is 165 Å². The minimum absolute atomic E-state index is 0.0136. The Bertz CT molecular complexity index is 770. The number of benzene rings is 1. The molecule has 3 rings (SSSR count). The van der Waals surface area contributed by atoms with Gasteiger partial charge in [0, 0.05) is 19.6 Å². The van der Waals surface area contributed by atoms with Crippen LogP contribution in [-0.2, 0) is 14.6 Å². The van der Waals surface area contributed by atoms with Crippen LogP contribution in [0.2, 0.25) is 0 Å². The van der Waals surface area contributed by atoms with E-state index in [0.29, 0.717) is 26.1 Å². The second-order valence-corrected chi connectivity index (χ2v) is 9.38. The first kappa shape index (κ1) is 20.4. The van der Waals surface area contributed by atoms with Crippen molar-refractivity contribution in [2.75, 3.05) is 44.3 Å². The van der Waals surface area contributed by atoms with Crippen LogP contribution in [0.1, 0.15) is 19.3 Å². The van der Waals surface area contributed by atoms with Crippen molar-refractivity contribution in [3.8, 4) is 5.75 Å². The highest BCUT2D eigenvalue weighted by atomic mass is 32.2. The van der Waals surface area contributed by atoms with Gasteiger partial charge in [0.1, 0.15) is 18.4 Å². The molecule has 154 valence electrons. The molecule has 2 aliphatic heterocycles. The summed E-state index contributed by atoms with van der Waals surface area (Å²) in [5.74, 6) is 0.529. The van der Waals surface area contributed by atoms with Crippen molar-refractivity contribution in [3.05, 3.63) is 30.3 Å². The molecule has 0 spiro atoms. The molecule has 2 fully saturated rings. The van der Waals surface area contributed by atoms with E-state index in [-0.39, 0.29) is 36.5 Å². The number of rotatable bonds is 5. The molecule has 9 heteroatoms. The van der Waals surface area contributed by atoms with E-state index in [2.05, 4.69) is 5.32 Å². The van der Waals surface area contributed by atoms with E-state index in [0.717, 1.165) is 18.6 Å². The van der Waals surface area contributed by atoms with Crippen molar-refractivity contribution in [2.45, 2.75) is 25.3 Å². The average Bonchev–Trinajstić information content (AvgIpc) is 2.71. The topological polar surface area (TPSA) is 96.0 Å². The van der Waals surface area contributed by atoms with Gasteiger partial charge in [-0.15, -0.1) is 0 Å². The summed E-state index contributed by atoms with van der Waals surface area (Å²) in [6.07, 6.45) is 2.35. The molecule has 0 aliphatic carbocycles. The van der Waals surface area contributed by atoms with Crippen LogP contribution in [0, 0.1) is 0 Å². The monoisotopic (exact) mass is 409 g/mol. The molecule has 0 aromatic heterocycles. The van der Waals surface area contributed by atoms with Gasteiger partial charge in [0.15, 0.2) is 9.84 Å². The summed E-state index contributed by atoms with van der Waals surface area (Å²) >= 11 is 0. The quantitative estimate of drug-likeness (QED) is 0.729. The maximum Gasteiger partial charge on any atom is 0.320 e.